The molecule has 0 unspecified atom stereocenters. The fraction of sp³-hybridized carbons (Fsp3) is 0.600. The number of hydrogen-bond donors (Lipinski definition) is 1. The standard InChI is InChI=1S/C15H24N2O/c1-17(10-12-5-3-4-6-12)11-13-7-8-14(16)9-15(13)18-2/h7-9,12H,3-6,10-11,16H2,1-2H3. The minimum Gasteiger partial charge on any atom is -0.496 e. The van der Waals surface area contributed by atoms with Crippen molar-refractivity contribution in [2.45, 2.75) is 32.2 Å². The molecule has 0 aliphatic heterocycles. The van der Waals surface area contributed by atoms with E-state index in [0.717, 1.165) is 23.9 Å². The molecule has 0 spiro atoms. The maximum atomic E-state index is 5.77. The average molecular weight is 248 g/mol. The highest BCUT2D eigenvalue weighted by molar-refractivity contribution is 5.48. The summed E-state index contributed by atoms with van der Waals surface area (Å²) in [5.74, 6) is 1.78. The van der Waals surface area contributed by atoms with Gasteiger partial charge in [-0.05, 0) is 31.9 Å². The van der Waals surface area contributed by atoms with Crippen LogP contribution >= 0.6 is 0 Å². The van der Waals surface area contributed by atoms with Gasteiger partial charge in [-0.25, -0.2) is 0 Å². The zero-order chi connectivity index (χ0) is 13.0. The van der Waals surface area contributed by atoms with Gasteiger partial charge in [0.15, 0.2) is 0 Å². The summed E-state index contributed by atoms with van der Waals surface area (Å²) in [6.07, 6.45) is 5.60. The van der Waals surface area contributed by atoms with Gasteiger partial charge in [0.05, 0.1) is 7.11 Å². The van der Waals surface area contributed by atoms with Crippen LogP contribution in [0.4, 0.5) is 5.69 Å². The summed E-state index contributed by atoms with van der Waals surface area (Å²) in [4.78, 5) is 2.39. The van der Waals surface area contributed by atoms with Crippen molar-refractivity contribution in [1.29, 1.82) is 0 Å². The SMILES string of the molecule is COc1cc(N)ccc1CN(C)CC1CCCC1. The van der Waals surface area contributed by atoms with Gasteiger partial charge in [-0.3, -0.25) is 0 Å². The molecule has 1 aliphatic rings. The van der Waals surface area contributed by atoms with Crippen LogP contribution in [0.3, 0.4) is 0 Å². The second-order valence-corrected chi connectivity index (χ2v) is 5.42. The summed E-state index contributed by atoms with van der Waals surface area (Å²) < 4.78 is 5.39. The molecule has 1 aliphatic carbocycles. The Morgan fingerprint density at radius 2 is 2.06 bits per heavy atom. The Morgan fingerprint density at radius 1 is 1.33 bits per heavy atom. The van der Waals surface area contributed by atoms with Crippen LogP contribution in [0, 0.1) is 5.92 Å². The molecule has 1 fully saturated rings. The van der Waals surface area contributed by atoms with Crippen molar-refractivity contribution in [3.8, 4) is 5.75 Å². The molecule has 3 heteroatoms. The number of rotatable bonds is 5. The average Bonchev–Trinajstić information content (AvgIpc) is 2.84. The Morgan fingerprint density at radius 3 is 2.72 bits per heavy atom. The number of nitrogens with two attached hydrogens (primary N) is 1. The van der Waals surface area contributed by atoms with Crippen LogP contribution in [0.5, 0.6) is 5.75 Å². The quantitative estimate of drug-likeness (QED) is 0.814. The third-order valence-corrected chi connectivity index (χ3v) is 3.80. The summed E-state index contributed by atoms with van der Waals surface area (Å²) >= 11 is 0. The van der Waals surface area contributed by atoms with E-state index in [2.05, 4.69) is 18.0 Å². The van der Waals surface area contributed by atoms with E-state index in [0.29, 0.717) is 0 Å². The molecule has 18 heavy (non-hydrogen) atoms. The lowest BCUT2D eigenvalue weighted by atomic mass is 10.1. The van der Waals surface area contributed by atoms with Crippen LogP contribution in [0.15, 0.2) is 18.2 Å². The topological polar surface area (TPSA) is 38.5 Å². The molecule has 1 saturated carbocycles. The molecule has 0 saturated heterocycles. The van der Waals surface area contributed by atoms with Crippen LogP contribution in [0.2, 0.25) is 0 Å². The Labute approximate surface area is 110 Å². The van der Waals surface area contributed by atoms with Crippen molar-refractivity contribution in [3.63, 3.8) is 0 Å². The molecule has 2 N–H and O–H groups in total. The first-order valence-corrected chi connectivity index (χ1v) is 6.80. The van der Waals surface area contributed by atoms with Crippen LogP contribution in [0.1, 0.15) is 31.2 Å². The summed E-state index contributed by atoms with van der Waals surface area (Å²) in [6, 6.07) is 5.92. The predicted octanol–water partition coefficient (Wildman–Crippen LogP) is 2.90. The second kappa shape index (κ2) is 6.10. The van der Waals surface area contributed by atoms with Gasteiger partial charge >= 0.3 is 0 Å². The molecule has 100 valence electrons. The highest BCUT2D eigenvalue weighted by Crippen LogP contribution is 2.27. The Balaban J connectivity index is 1.95. The molecule has 0 bridgehead atoms. The summed E-state index contributed by atoms with van der Waals surface area (Å²) in [7, 11) is 3.89. The zero-order valence-electron chi connectivity index (χ0n) is 11.5. The molecule has 2 rings (SSSR count). The molecule has 0 radical (unpaired) electrons. The van der Waals surface area contributed by atoms with Crippen LogP contribution < -0.4 is 10.5 Å². The fourth-order valence-electron chi connectivity index (χ4n) is 2.88. The lowest BCUT2D eigenvalue weighted by Gasteiger charge is -2.22. The Bertz CT molecular complexity index is 386. The van der Waals surface area contributed by atoms with E-state index in [1.807, 2.05) is 12.1 Å². The zero-order valence-corrected chi connectivity index (χ0v) is 11.5. The van der Waals surface area contributed by atoms with Crippen molar-refractivity contribution in [1.82, 2.24) is 4.90 Å². The first kappa shape index (κ1) is 13.2. The second-order valence-electron chi connectivity index (χ2n) is 5.42. The number of methoxy groups -OCH3 is 1. The van der Waals surface area contributed by atoms with Crippen LogP contribution in [-0.4, -0.2) is 25.6 Å². The third-order valence-electron chi connectivity index (χ3n) is 3.80. The Kier molecular flexibility index (Phi) is 4.48. The lowest BCUT2D eigenvalue weighted by molar-refractivity contribution is 0.267. The van der Waals surface area contributed by atoms with E-state index in [9.17, 15) is 0 Å². The molecule has 0 heterocycles. The van der Waals surface area contributed by atoms with Crippen LogP contribution in [-0.2, 0) is 6.54 Å². The lowest BCUT2D eigenvalue weighted by Crippen LogP contribution is -2.24. The van der Waals surface area contributed by atoms with Gasteiger partial charge < -0.3 is 15.4 Å². The molecule has 3 nitrogen and oxygen atoms in total. The van der Waals surface area contributed by atoms with Gasteiger partial charge in [-0.1, -0.05) is 18.9 Å². The minimum atomic E-state index is 0.758. The largest absolute Gasteiger partial charge is 0.496 e. The first-order chi connectivity index (χ1) is 8.69. The number of hydrogen-bond acceptors (Lipinski definition) is 3. The summed E-state index contributed by atoms with van der Waals surface area (Å²) in [5, 5.41) is 0. The monoisotopic (exact) mass is 248 g/mol. The number of anilines is 1. The molecule has 0 amide bonds. The fourth-order valence-corrected chi connectivity index (χ4v) is 2.88. The number of nitrogens with zero attached hydrogens (tertiary/aromatic N) is 1. The van der Waals surface area contributed by atoms with Gasteiger partial charge in [0.2, 0.25) is 0 Å². The highest BCUT2D eigenvalue weighted by atomic mass is 16.5. The summed E-state index contributed by atoms with van der Waals surface area (Å²) in [6.45, 7) is 2.12. The van der Waals surface area contributed by atoms with Gasteiger partial charge in [0.25, 0.3) is 0 Å². The van der Waals surface area contributed by atoms with Crippen LogP contribution in [0.25, 0.3) is 0 Å². The smallest absolute Gasteiger partial charge is 0.125 e. The predicted molar refractivity (Wildman–Crippen MR) is 75.7 cm³/mol. The van der Waals surface area contributed by atoms with Crippen molar-refractivity contribution >= 4 is 5.69 Å². The Hall–Kier alpha value is -1.22. The van der Waals surface area contributed by atoms with E-state index in [4.69, 9.17) is 10.5 Å². The highest BCUT2D eigenvalue weighted by Gasteiger charge is 2.17. The number of nitrogen functional groups attached to an aromatic ring is 1. The molecule has 0 atom stereocenters. The van der Waals surface area contributed by atoms with Gasteiger partial charge in [0, 0.05) is 30.4 Å². The maximum absolute atomic E-state index is 5.77. The molecule has 1 aromatic rings. The van der Waals surface area contributed by atoms with Gasteiger partial charge in [-0.2, -0.15) is 0 Å². The molecular weight excluding hydrogens is 224 g/mol. The van der Waals surface area contributed by atoms with Crippen molar-refractivity contribution in [2.24, 2.45) is 5.92 Å². The molecule has 1 aromatic carbocycles. The minimum absolute atomic E-state index is 0.758. The molecule has 0 aromatic heterocycles. The van der Waals surface area contributed by atoms with E-state index in [1.54, 1.807) is 7.11 Å². The van der Waals surface area contributed by atoms with Crippen molar-refractivity contribution in [3.05, 3.63) is 23.8 Å². The van der Waals surface area contributed by atoms with E-state index in [1.165, 1.54) is 37.8 Å². The van der Waals surface area contributed by atoms with E-state index in [-0.39, 0.29) is 0 Å². The van der Waals surface area contributed by atoms with Gasteiger partial charge in [-0.15, -0.1) is 0 Å². The van der Waals surface area contributed by atoms with Crippen molar-refractivity contribution < 1.29 is 4.74 Å². The summed E-state index contributed by atoms with van der Waals surface area (Å²) in [5.41, 5.74) is 7.75. The van der Waals surface area contributed by atoms with E-state index < -0.39 is 0 Å². The van der Waals surface area contributed by atoms with Crippen molar-refractivity contribution in [2.75, 3.05) is 26.4 Å². The number of benzene rings is 1. The van der Waals surface area contributed by atoms with E-state index >= 15 is 0 Å². The van der Waals surface area contributed by atoms with Gasteiger partial charge in [0.1, 0.15) is 5.75 Å². The number of ether oxygens (including phenoxy) is 1. The maximum Gasteiger partial charge on any atom is 0.125 e. The first-order valence-electron chi connectivity index (χ1n) is 6.80. The molecular formula is C15H24N2O. The normalized spacial score (nSPS) is 16.4. The third kappa shape index (κ3) is 3.39.